The summed E-state index contributed by atoms with van der Waals surface area (Å²) in [4.78, 5) is 26.3. The van der Waals surface area contributed by atoms with Gasteiger partial charge in [-0.3, -0.25) is 0 Å². The summed E-state index contributed by atoms with van der Waals surface area (Å²) in [6, 6.07) is -0.694. The fourth-order valence-corrected chi connectivity index (χ4v) is 2.35. The van der Waals surface area contributed by atoms with Crippen LogP contribution >= 0.6 is 11.3 Å². The molecule has 2 heterocycles. The third kappa shape index (κ3) is 3.75. The molecule has 112 valence electrons. The van der Waals surface area contributed by atoms with Crippen LogP contribution in [0.1, 0.15) is 34.3 Å². The molecule has 0 saturated carbocycles. The van der Waals surface area contributed by atoms with Crippen LogP contribution in [0, 0.1) is 0 Å². The van der Waals surface area contributed by atoms with Gasteiger partial charge in [-0.25, -0.2) is 14.6 Å². The normalized spacial score (nSPS) is 11.9. The Morgan fingerprint density at radius 3 is 2.86 bits per heavy atom. The summed E-state index contributed by atoms with van der Waals surface area (Å²) < 4.78 is 1.71. The van der Waals surface area contributed by atoms with Crippen molar-refractivity contribution in [1.82, 2.24) is 30.4 Å². The number of aryl methyl sites for hydroxylation is 1. The number of nitrogens with one attached hydrogen (secondary N) is 2. The Morgan fingerprint density at radius 2 is 2.29 bits per heavy atom. The summed E-state index contributed by atoms with van der Waals surface area (Å²) in [6.07, 6.45) is 1.55. The quantitative estimate of drug-likeness (QED) is 0.740. The van der Waals surface area contributed by atoms with Gasteiger partial charge in [0.15, 0.2) is 11.5 Å². The lowest BCUT2D eigenvalue weighted by molar-refractivity contribution is 0.0691. The van der Waals surface area contributed by atoms with Crippen LogP contribution in [0.2, 0.25) is 0 Å². The SMILES string of the molecule is CC(NC(=O)NCc1nc(C(=O)O)cs1)c1nncn1C. The van der Waals surface area contributed by atoms with Crippen LogP contribution in [0.5, 0.6) is 0 Å². The van der Waals surface area contributed by atoms with Crippen molar-refractivity contribution in [1.29, 1.82) is 0 Å². The van der Waals surface area contributed by atoms with Crippen LogP contribution in [-0.4, -0.2) is 36.9 Å². The lowest BCUT2D eigenvalue weighted by atomic mass is 10.3. The average Bonchev–Trinajstić information content (AvgIpc) is 3.04. The van der Waals surface area contributed by atoms with E-state index >= 15 is 0 Å². The molecule has 2 aromatic rings. The molecule has 2 amide bonds. The van der Waals surface area contributed by atoms with Crippen molar-refractivity contribution < 1.29 is 14.7 Å². The Morgan fingerprint density at radius 1 is 1.52 bits per heavy atom. The van der Waals surface area contributed by atoms with Crippen molar-refractivity contribution in [3.63, 3.8) is 0 Å². The topological polar surface area (TPSA) is 122 Å². The largest absolute Gasteiger partial charge is 0.476 e. The van der Waals surface area contributed by atoms with E-state index < -0.39 is 12.0 Å². The van der Waals surface area contributed by atoms with Gasteiger partial charge in [-0.15, -0.1) is 21.5 Å². The standard InChI is InChI=1S/C11H14N6O3S/c1-6(9-16-13-5-17(9)2)14-11(20)12-3-8-15-7(4-21-8)10(18)19/h4-6H,3H2,1-2H3,(H,18,19)(H2,12,14,20). The van der Waals surface area contributed by atoms with Crippen molar-refractivity contribution in [3.8, 4) is 0 Å². The molecular formula is C11H14N6O3S. The predicted molar refractivity (Wildman–Crippen MR) is 73.9 cm³/mol. The minimum Gasteiger partial charge on any atom is -0.476 e. The maximum Gasteiger partial charge on any atom is 0.355 e. The molecule has 21 heavy (non-hydrogen) atoms. The number of carboxylic acid groups (broad SMARTS) is 1. The molecule has 2 aromatic heterocycles. The molecule has 0 fully saturated rings. The summed E-state index contributed by atoms with van der Waals surface area (Å²) in [6.45, 7) is 1.95. The second-order valence-electron chi connectivity index (χ2n) is 4.28. The molecule has 9 nitrogen and oxygen atoms in total. The van der Waals surface area contributed by atoms with Gasteiger partial charge >= 0.3 is 12.0 Å². The van der Waals surface area contributed by atoms with Gasteiger partial charge in [0, 0.05) is 12.4 Å². The molecule has 0 bridgehead atoms. The first-order valence-electron chi connectivity index (χ1n) is 6.03. The highest BCUT2D eigenvalue weighted by molar-refractivity contribution is 7.09. The van der Waals surface area contributed by atoms with E-state index in [1.807, 2.05) is 0 Å². The molecule has 1 atom stereocenters. The van der Waals surface area contributed by atoms with Gasteiger partial charge in [0.2, 0.25) is 0 Å². The number of rotatable bonds is 5. The van der Waals surface area contributed by atoms with E-state index in [-0.39, 0.29) is 18.3 Å². The molecule has 0 aliphatic rings. The molecule has 0 spiro atoms. The van der Waals surface area contributed by atoms with Crippen LogP contribution in [0.25, 0.3) is 0 Å². The number of thiazole rings is 1. The number of carbonyl (C=O) groups excluding carboxylic acids is 1. The van der Waals surface area contributed by atoms with Gasteiger partial charge in [0.1, 0.15) is 11.3 Å². The molecule has 0 aromatic carbocycles. The molecule has 0 saturated heterocycles. The Labute approximate surface area is 124 Å². The first kappa shape index (κ1) is 14.9. The Kier molecular flexibility index (Phi) is 4.48. The highest BCUT2D eigenvalue weighted by Gasteiger charge is 2.14. The van der Waals surface area contributed by atoms with Gasteiger partial charge in [0.05, 0.1) is 12.6 Å². The van der Waals surface area contributed by atoms with E-state index in [0.717, 1.165) is 0 Å². The predicted octanol–water partition coefficient (Wildman–Crippen LogP) is 0.530. The maximum absolute atomic E-state index is 11.8. The molecule has 0 aliphatic heterocycles. The van der Waals surface area contributed by atoms with E-state index in [4.69, 9.17) is 5.11 Å². The second-order valence-corrected chi connectivity index (χ2v) is 5.22. The van der Waals surface area contributed by atoms with Gasteiger partial charge in [-0.05, 0) is 6.92 Å². The first-order chi connectivity index (χ1) is 9.97. The number of hydrogen-bond donors (Lipinski definition) is 3. The summed E-state index contributed by atoms with van der Waals surface area (Å²) in [5.74, 6) is -0.453. The van der Waals surface area contributed by atoms with Crippen molar-refractivity contribution >= 4 is 23.3 Å². The Hall–Kier alpha value is -2.49. The van der Waals surface area contributed by atoms with E-state index in [1.54, 1.807) is 24.9 Å². The lowest BCUT2D eigenvalue weighted by Crippen LogP contribution is -2.37. The maximum atomic E-state index is 11.8. The summed E-state index contributed by atoms with van der Waals surface area (Å²) >= 11 is 1.18. The number of carboxylic acids is 1. The molecule has 1 unspecified atom stereocenters. The van der Waals surface area contributed by atoms with Gasteiger partial charge in [-0.2, -0.15) is 0 Å². The number of hydrogen-bond acceptors (Lipinski definition) is 6. The number of amides is 2. The smallest absolute Gasteiger partial charge is 0.355 e. The molecular weight excluding hydrogens is 296 g/mol. The average molecular weight is 310 g/mol. The zero-order valence-electron chi connectivity index (χ0n) is 11.4. The Bertz CT molecular complexity index is 652. The monoisotopic (exact) mass is 310 g/mol. The minimum atomic E-state index is -1.09. The Balaban J connectivity index is 1.84. The van der Waals surface area contributed by atoms with Crippen molar-refractivity contribution in [2.45, 2.75) is 19.5 Å². The molecule has 10 heteroatoms. The third-order valence-electron chi connectivity index (χ3n) is 2.65. The fourth-order valence-electron chi connectivity index (χ4n) is 1.64. The second kappa shape index (κ2) is 6.31. The van der Waals surface area contributed by atoms with Crippen LogP contribution in [-0.2, 0) is 13.6 Å². The van der Waals surface area contributed by atoms with Crippen molar-refractivity contribution in [2.24, 2.45) is 7.05 Å². The highest BCUT2D eigenvalue weighted by atomic mass is 32.1. The van der Waals surface area contributed by atoms with Crippen LogP contribution in [0.3, 0.4) is 0 Å². The summed E-state index contributed by atoms with van der Waals surface area (Å²) in [5.41, 5.74) is -0.0235. The lowest BCUT2D eigenvalue weighted by Gasteiger charge is -2.13. The highest BCUT2D eigenvalue weighted by Crippen LogP contribution is 2.10. The van der Waals surface area contributed by atoms with E-state index in [0.29, 0.717) is 10.8 Å². The van der Waals surface area contributed by atoms with Crippen molar-refractivity contribution in [3.05, 3.63) is 28.2 Å². The summed E-state index contributed by atoms with van der Waals surface area (Å²) in [7, 11) is 1.79. The third-order valence-corrected chi connectivity index (χ3v) is 3.50. The van der Waals surface area contributed by atoms with Crippen molar-refractivity contribution in [2.75, 3.05) is 0 Å². The van der Waals surface area contributed by atoms with Crippen LogP contribution < -0.4 is 10.6 Å². The van der Waals surface area contributed by atoms with Gasteiger partial charge < -0.3 is 20.3 Å². The minimum absolute atomic E-state index is 0.0235. The number of carbonyl (C=O) groups is 2. The molecule has 0 aliphatic carbocycles. The first-order valence-corrected chi connectivity index (χ1v) is 6.91. The zero-order valence-corrected chi connectivity index (χ0v) is 12.2. The summed E-state index contributed by atoms with van der Waals surface area (Å²) in [5, 5.41) is 23.7. The molecule has 3 N–H and O–H groups in total. The number of aromatic carboxylic acids is 1. The number of aromatic nitrogens is 4. The van der Waals surface area contributed by atoms with Gasteiger partial charge in [-0.1, -0.05) is 0 Å². The van der Waals surface area contributed by atoms with Crippen LogP contribution in [0.15, 0.2) is 11.7 Å². The fraction of sp³-hybridized carbons (Fsp3) is 0.364. The van der Waals surface area contributed by atoms with E-state index in [2.05, 4.69) is 25.8 Å². The zero-order chi connectivity index (χ0) is 15.4. The molecule has 0 radical (unpaired) electrons. The van der Waals surface area contributed by atoms with Gasteiger partial charge in [0.25, 0.3) is 0 Å². The number of urea groups is 1. The number of nitrogens with zero attached hydrogens (tertiary/aromatic N) is 4. The van der Waals surface area contributed by atoms with Crippen LogP contribution in [0.4, 0.5) is 4.79 Å². The van der Waals surface area contributed by atoms with E-state index in [1.165, 1.54) is 16.7 Å². The molecule has 2 rings (SSSR count). The van der Waals surface area contributed by atoms with E-state index in [9.17, 15) is 9.59 Å².